The van der Waals surface area contributed by atoms with Crippen LogP contribution < -0.4 is 14.8 Å². The quantitative estimate of drug-likeness (QED) is 0.319. The first kappa shape index (κ1) is 24.1. The number of halogens is 3. The molecule has 1 aliphatic rings. The van der Waals surface area contributed by atoms with Crippen LogP contribution in [-0.2, 0) is 6.54 Å². The molecular formula is C25H25ClF2N6O2. The summed E-state index contributed by atoms with van der Waals surface area (Å²) in [5, 5.41) is 8.38. The van der Waals surface area contributed by atoms with Gasteiger partial charge in [-0.15, -0.1) is 5.10 Å². The van der Waals surface area contributed by atoms with Crippen LogP contribution in [0.4, 0.5) is 20.4 Å². The summed E-state index contributed by atoms with van der Waals surface area (Å²) in [5.74, 6) is 2.47. The van der Waals surface area contributed by atoms with Crippen molar-refractivity contribution in [3.8, 4) is 17.2 Å². The molecule has 1 unspecified atom stereocenters. The van der Waals surface area contributed by atoms with Gasteiger partial charge in [-0.3, -0.25) is 0 Å². The van der Waals surface area contributed by atoms with Crippen LogP contribution in [0, 0.1) is 0 Å². The lowest BCUT2D eigenvalue weighted by atomic mass is 9.93. The van der Waals surface area contributed by atoms with E-state index in [0.29, 0.717) is 22.6 Å². The largest absolute Gasteiger partial charge is 0.494 e. The molecule has 0 fully saturated rings. The molecule has 0 spiro atoms. The maximum Gasteiger partial charge on any atom is 0.272 e. The fourth-order valence-electron chi connectivity index (χ4n) is 4.37. The molecule has 0 saturated heterocycles. The first-order valence-electron chi connectivity index (χ1n) is 11.6. The van der Waals surface area contributed by atoms with Crippen LogP contribution >= 0.6 is 11.6 Å². The van der Waals surface area contributed by atoms with Gasteiger partial charge in [0, 0.05) is 30.4 Å². The average molecular weight is 515 g/mol. The number of hydrogen-bond donors (Lipinski definition) is 1. The van der Waals surface area contributed by atoms with Gasteiger partial charge in [-0.2, -0.15) is 4.98 Å². The Morgan fingerprint density at radius 3 is 2.72 bits per heavy atom. The van der Waals surface area contributed by atoms with E-state index in [4.69, 9.17) is 31.2 Å². The minimum absolute atomic E-state index is 0.0441. The van der Waals surface area contributed by atoms with Crippen molar-refractivity contribution in [2.75, 3.05) is 19.0 Å². The highest BCUT2D eigenvalue weighted by Gasteiger charge is 2.25. The average Bonchev–Trinajstić information content (AvgIpc) is 3.43. The molecule has 1 N–H and O–H groups in total. The molecule has 2 aromatic heterocycles. The van der Waals surface area contributed by atoms with Crippen LogP contribution in [0.2, 0.25) is 5.15 Å². The summed E-state index contributed by atoms with van der Waals surface area (Å²) in [6.45, 7) is 0.160. The van der Waals surface area contributed by atoms with Crippen molar-refractivity contribution < 1.29 is 18.3 Å². The number of nitrogens with one attached hydrogen (secondary N) is 1. The van der Waals surface area contributed by atoms with E-state index in [1.807, 2.05) is 35.0 Å². The summed E-state index contributed by atoms with van der Waals surface area (Å²) >= 11 is 5.96. The van der Waals surface area contributed by atoms with Gasteiger partial charge in [0.2, 0.25) is 5.95 Å². The van der Waals surface area contributed by atoms with Gasteiger partial charge in [0.15, 0.2) is 0 Å². The van der Waals surface area contributed by atoms with Crippen LogP contribution in [-0.4, -0.2) is 44.5 Å². The van der Waals surface area contributed by atoms with E-state index in [0.717, 1.165) is 48.6 Å². The number of alkyl halides is 2. The van der Waals surface area contributed by atoms with Crippen molar-refractivity contribution >= 4 is 23.2 Å². The van der Waals surface area contributed by atoms with E-state index in [2.05, 4.69) is 10.3 Å². The van der Waals surface area contributed by atoms with E-state index in [1.165, 1.54) is 0 Å². The van der Waals surface area contributed by atoms with E-state index < -0.39 is 13.0 Å². The van der Waals surface area contributed by atoms with Gasteiger partial charge in [0.05, 0.1) is 12.8 Å². The second-order valence-corrected chi connectivity index (χ2v) is 8.84. The first-order chi connectivity index (χ1) is 17.5. The van der Waals surface area contributed by atoms with Gasteiger partial charge in [-0.05, 0) is 42.7 Å². The van der Waals surface area contributed by atoms with Crippen LogP contribution in [0.5, 0.6) is 11.5 Å². The lowest BCUT2D eigenvalue weighted by molar-refractivity contribution is 0.0819. The third-order valence-corrected chi connectivity index (χ3v) is 6.24. The van der Waals surface area contributed by atoms with Crippen molar-refractivity contribution in [1.29, 1.82) is 0 Å². The Bertz CT molecular complexity index is 1320. The number of imidazole rings is 1. The van der Waals surface area contributed by atoms with Crippen molar-refractivity contribution in [3.05, 3.63) is 71.5 Å². The smallest absolute Gasteiger partial charge is 0.272 e. The number of benzene rings is 2. The molecule has 0 bridgehead atoms. The zero-order chi connectivity index (χ0) is 25.1. The predicted octanol–water partition coefficient (Wildman–Crippen LogP) is 5.83. The Balaban J connectivity index is 1.37. The van der Waals surface area contributed by atoms with E-state index in [9.17, 15) is 8.78 Å². The molecule has 2 aromatic carbocycles. The van der Waals surface area contributed by atoms with Crippen molar-refractivity contribution in [2.24, 2.45) is 0 Å². The number of fused-ring (bicyclic) bond motifs is 1. The molecule has 0 amide bonds. The second-order valence-electron chi connectivity index (χ2n) is 8.45. The maximum absolute atomic E-state index is 12.4. The molecule has 11 heteroatoms. The Hall–Kier alpha value is -3.66. The Morgan fingerprint density at radius 1 is 1.17 bits per heavy atom. The summed E-state index contributed by atoms with van der Waals surface area (Å²) in [7, 11) is 1.60. The Kier molecular flexibility index (Phi) is 7.04. The molecule has 5 rings (SSSR count). The summed E-state index contributed by atoms with van der Waals surface area (Å²) in [6.07, 6.45) is 3.79. The van der Waals surface area contributed by atoms with Gasteiger partial charge >= 0.3 is 0 Å². The van der Waals surface area contributed by atoms with E-state index in [1.54, 1.807) is 36.3 Å². The summed E-state index contributed by atoms with van der Waals surface area (Å²) < 4.78 is 39.3. The number of aromatic nitrogens is 5. The van der Waals surface area contributed by atoms with Gasteiger partial charge in [-0.25, -0.2) is 18.4 Å². The molecule has 36 heavy (non-hydrogen) atoms. The highest BCUT2D eigenvalue weighted by molar-refractivity contribution is 6.29. The normalized spacial score (nSPS) is 15.4. The standard InChI is InChI=1S/C25H25ClF2N6O2/c1-35-21-12-17(7-10-20(21)33-13-22(26)29-15-33)30-25-31-24-19(4-2-3-11-34(24)32-25)16-5-8-18(9-6-16)36-14-23(27)28/h5-10,12-13,15,19,23H,2-4,11,14H2,1H3,(H,30,32). The zero-order valence-electron chi connectivity index (χ0n) is 19.6. The van der Waals surface area contributed by atoms with Crippen LogP contribution in [0.1, 0.15) is 36.6 Å². The fourth-order valence-corrected chi connectivity index (χ4v) is 4.52. The lowest BCUT2D eigenvalue weighted by Gasteiger charge is -2.15. The molecule has 0 saturated carbocycles. The molecule has 188 valence electrons. The second kappa shape index (κ2) is 10.5. The third-order valence-electron chi connectivity index (χ3n) is 6.05. The Morgan fingerprint density at radius 2 is 2.00 bits per heavy atom. The predicted molar refractivity (Wildman–Crippen MR) is 132 cm³/mol. The van der Waals surface area contributed by atoms with Gasteiger partial charge in [-0.1, -0.05) is 30.2 Å². The first-order valence-corrected chi connectivity index (χ1v) is 12.0. The summed E-state index contributed by atoms with van der Waals surface area (Å²) in [4.78, 5) is 8.88. The van der Waals surface area contributed by atoms with Crippen LogP contribution in [0.15, 0.2) is 55.0 Å². The summed E-state index contributed by atoms with van der Waals surface area (Å²) in [6, 6.07) is 13.0. The molecule has 8 nitrogen and oxygen atoms in total. The van der Waals surface area contributed by atoms with Crippen molar-refractivity contribution in [1.82, 2.24) is 24.3 Å². The van der Waals surface area contributed by atoms with Crippen molar-refractivity contribution in [3.63, 3.8) is 0 Å². The van der Waals surface area contributed by atoms with Crippen LogP contribution in [0.3, 0.4) is 0 Å². The number of methoxy groups -OCH3 is 1. The molecule has 1 aliphatic heterocycles. The number of nitrogens with zero attached hydrogens (tertiary/aromatic N) is 5. The molecule has 0 aliphatic carbocycles. The highest BCUT2D eigenvalue weighted by Crippen LogP contribution is 2.34. The minimum Gasteiger partial charge on any atom is -0.494 e. The number of anilines is 2. The monoisotopic (exact) mass is 514 g/mol. The molecule has 0 radical (unpaired) electrons. The number of hydrogen-bond acceptors (Lipinski definition) is 6. The van der Waals surface area contributed by atoms with Gasteiger partial charge in [0.1, 0.15) is 35.4 Å². The number of rotatable bonds is 8. The minimum atomic E-state index is -2.50. The SMILES string of the molecule is COc1cc(Nc2nc3n(n2)CCCCC3c2ccc(OCC(F)F)cc2)ccc1-n1cnc(Cl)c1. The Labute approximate surface area is 211 Å². The van der Waals surface area contributed by atoms with Crippen molar-refractivity contribution in [2.45, 2.75) is 38.2 Å². The highest BCUT2D eigenvalue weighted by atomic mass is 35.5. The molecule has 1 atom stereocenters. The lowest BCUT2D eigenvalue weighted by Crippen LogP contribution is -2.09. The zero-order valence-corrected chi connectivity index (χ0v) is 20.3. The van der Waals surface area contributed by atoms with E-state index in [-0.39, 0.29) is 5.92 Å². The molecular weight excluding hydrogens is 490 g/mol. The topological polar surface area (TPSA) is 79.0 Å². The van der Waals surface area contributed by atoms with Gasteiger partial charge in [0.25, 0.3) is 6.43 Å². The molecule has 3 heterocycles. The fraction of sp³-hybridized carbons (Fsp3) is 0.320. The number of ether oxygens (including phenoxy) is 2. The summed E-state index contributed by atoms with van der Waals surface area (Å²) in [5.41, 5.74) is 2.63. The number of aryl methyl sites for hydroxylation is 1. The molecule has 4 aromatic rings. The van der Waals surface area contributed by atoms with Crippen LogP contribution in [0.25, 0.3) is 5.69 Å². The maximum atomic E-state index is 12.4. The van der Waals surface area contributed by atoms with Gasteiger partial charge < -0.3 is 19.4 Å². The third kappa shape index (κ3) is 5.28. The van der Waals surface area contributed by atoms with E-state index >= 15 is 0 Å².